The fraction of sp³-hybridized carbons (Fsp3) is 0.800. The molecule has 0 spiro atoms. The summed E-state index contributed by atoms with van der Waals surface area (Å²) in [5.41, 5.74) is 0. The van der Waals surface area contributed by atoms with Crippen molar-refractivity contribution in [2.24, 2.45) is 0 Å². The van der Waals surface area contributed by atoms with Gasteiger partial charge < -0.3 is 21.3 Å². The van der Waals surface area contributed by atoms with Crippen LogP contribution in [0.25, 0.3) is 0 Å². The Labute approximate surface area is 94.5 Å². The zero-order chi connectivity index (χ0) is 11.5. The van der Waals surface area contributed by atoms with Crippen molar-refractivity contribution in [3.63, 3.8) is 0 Å². The first kappa shape index (κ1) is 11.3. The molecule has 2 amide bonds. The zero-order valence-corrected chi connectivity index (χ0v) is 9.38. The van der Waals surface area contributed by atoms with Gasteiger partial charge >= 0.3 is 0 Å². The van der Waals surface area contributed by atoms with Crippen LogP contribution < -0.4 is 21.3 Å². The molecule has 2 rings (SSSR count). The summed E-state index contributed by atoms with van der Waals surface area (Å²) in [4.78, 5) is 22.8. The first-order valence-electron chi connectivity index (χ1n) is 5.69. The molecule has 0 aliphatic carbocycles. The van der Waals surface area contributed by atoms with Crippen molar-refractivity contribution in [2.75, 3.05) is 19.6 Å². The minimum Gasteiger partial charge on any atom is -0.354 e. The Morgan fingerprint density at radius 3 is 2.69 bits per heavy atom. The highest BCUT2D eigenvalue weighted by atomic mass is 16.2. The van der Waals surface area contributed by atoms with Crippen molar-refractivity contribution in [1.82, 2.24) is 21.3 Å². The van der Waals surface area contributed by atoms with Crippen LogP contribution >= 0.6 is 0 Å². The second-order valence-electron chi connectivity index (χ2n) is 4.48. The predicted octanol–water partition coefficient (Wildman–Crippen LogP) is -2.06. The number of piperazine rings is 1. The van der Waals surface area contributed by atoms with E-state index in [1.165, 1.54) is 0 Å². The van der Waals surface area contributed by atoms with Gasteiger partial charge in [0.15, 0.2) is 0 Å². The Balaban J connectivity index is 1.77. The molecule has 0 saturated carbocycles. The van der Waals surface area contributed by atoms with Gasteiger partial charge in [-0.15, -0.1) is 0 Å². The number of nitrogens with one attached hydrogen (secondary N) is 4. The molecule has 4 N–H and O–H groups in total. The topological polar surface area (TPSA) is 82.3 Å². The number of carbonyl (C=O) groups excluding carboxylic acids is 2. The van der Waals surface area contributed by atoms with E-state index in [4.69, 9.17) is 0 Å². The largest absolute Gasteiger partial charge is 0.354 e. The summed E-state index contributed by atoms with van der Waals surface area (Å²) >= 11 is 0. The van der Waals surface area contributed by atoms with Crippen LogP contribution in [0.2, 0.25) is 0 Å². The standard InChI is InChI=1S/C10H18N4O2/c1-6-3-12-8(5-11-6)10(16)14-7-2-9(15)13-4-7/h6-8,11-12H,2-5H2,1H3,(H,13,15)(H,14,16). The maximum absolute atomic E-state index is 11.8. The lowest BCUT2D eigenvalue weighted by Gasteiger charge is -2.28. The number of hydrogen-bond donors (Lipinski definition) is 4. The summed E-state index contributed by atoms with van der Waals surface area (Å²) in [5, 5.41) is 12.0. The second kappa shape index (κ2) is 4.80. The van der Waals surface area contributed by atoms with Crippen molar-refractivity contribution in [3.05, 3.63) is 0 Å². The van der Waals surface area contributed by atoms with Gasteiger partial charge in [-0.1, -0.05) is 0 Å². The third kappa shape index (κ3) is 2.70. The third-order valence-electron chi connectivity index (χ3n) is 2.98. The van der Waals surface area contributed by atoms with Gasteiger partial charge in [-0.25, -0.2) is 0 Å². The van der Waals surface area contributed by atoms with Crippen LogP contribution in [-0.4, -0.2) is 49.6 Å². The van der Waals surface area contributed by atoms with Crippen molar-refractivity contribution in [3.8, 4) is 0 Å². The fourth-order valence-corrected chi connectivity index (χ4v) is 1.98. The SMILES string of the molecule is CC1CNC(C(=O)NC2CNC(=O)C2)CN1. The van der Waals surface area contributed by atoms with Crippen molar-refractivity contribution in [2.45, 2.75) is 31.5 Å². The van der Waals surface area contributed by atoms with Crippen molar-refractivity contribution >= 4 is 11.8 Å². The summed E-state index contributed by atoms with van der Waals surface area (Å²) in [5.74, 6) is -0.0189. The minimum absolute atomic E-state index is 0.00801. The molecule has 2 fully saturated rings. The number of amides is 2. The molecule has 0 bridgehead atoms. The van der Waals surface area contributed by atoms with Gasteiger partial charge in [0.05, 0.1) is 12.1 Å². The van der Waals surface area contributed by atoms with Gasteiger partial charge in [0, 0.05) is 32.1 Å². The van der Waals surface area contributed by atoms with Crippen LogP contribution in [0.15, 0.2) is 0 Å². The molecule has 6 heteroatoms. The molecular weight excluding hydrogens is 208 g/mol. The maximum Gasteiger partial charge on any atom is 0.238 e. The quantitative estimate of drug-likeness (QED) is 0.436. The summed E-state index contributed by atoms with van der Waals surface area (Å²) in [6.07, 6.45) is 0.391. The summed E-state index contributed by atoms with van der Waals surface area (Å²) < 4.78 is 0. The average Bonchev–Trinajstić information content (AvgIpc) is 2.65. The lowest BCUT2D eigenvalue weighted by atomic mass is 10.1. The van der Waals surface area contributed by atoms with Crippen LogP contribution in [0.5, 0.6) is 0 Å². The van der Waals surface area contributed by atoms with Gasteiger partial charge in [0.1, 0.15) is 0 Å². The first-order chi connectivity index (χ1) is 7.65. The summed E-state index contributed by atoms with van der Waals surface area (Å²) in [6.45, 7) is 4.04. The summed E-state index contributed by atoms with van der Waals surface area (Å²) in [7, 11) is 0. The van der Waals surface area contributed by atoms with E-state index in [0.29, 0.717) is 25.6 Å². The molecule has 0 aromatic heterocycles. The van der Waals surface area contributed by atoms with Crippen LogP contribution in [0.3, 0.4) is 0 Å². The molecule has 3 unspecified atom stereocenters. The van der Waals surface area contributed by atoms with Crippen molar-refractivity contribution < 1.29 is 9.59 Å². The molecular formula is C10H18N4O2. The summed E-state index contributed by atoms with van der Waals surface area (Å²) in [6, 6.07) is 0.159. The third-order valence-corrected chi connectivity index (χ3v) is 2.98. The smallest absolute Gasteiger partial charge is 0.238 e. The van der Waals surface area contributed by atoms with Crippen LogP contribution in [0.1, 0.15) is 13.3 Å². The van der Waals surface area contributed by atoms with Crippen LogP contribution in [-0.2, 0) is 9.59 Å². The Kier molecular flexibility index (Phi) is 3.40. The lowest BCUT2D eigenvalue weighted by molar-refractivity contribution is -0.124. The normalized spacial score (nSPS) is 34.6. The Hall–Kier alpha value is -1.14. The zero-order valence-electron chi connectivity index (χ0n) is 9.38. The van der Waals surface area contributed by atoms with Gasteiger partial charge in [0.25, 0.3) is 0 Å². The molecule has 0 aromatic carbocycles. The van der Waals surface area contributed by atoms with E-state index in [0.717, 1.165) is 6.54 Å². The van der Waals surface area contributed by atoms with E-state index < -0.39 is 0 Å². The van der Waals surface area contributed by atoms with E-state index in [1.54, 1.807) is 0 Å². The van der Waals surface area contributed by atoms with E-state index in [-0.39, 0.29) is 23.9 Å². The van der Waals surface area contributed by atoms with Crippen molar-refractivity contribution in [1.29, 1.82) is 0 Å². The van der Waals surface area contributed by atoms with Crippen LogP contribution in [0.4, 0.5) is 0 Å². The second-order valence-corrected chi connectivity index (χ2v) is 4.48. The number of rotatable bonds is 2. The molecule has 90 valence electrons. The highest BCUT2D eigenvalue weighted by molar-refractivity contribution is 5.85. The van der Waals surface area contributed by atoms with E-state index in [9.17, 15) is 9.59 Å². The average molecular weight is 226 g/mol. The highest BCUT2D eigenvalue weighted by Gasteiger charge is 2.28. The first-order valence-corrected chi connectivity index (χ1v) is 5.69. The Morgan fingerprint density at radius 1 is 1.31 bits per heavy atom. The molecule has 6 nitrogen and oxygen atoms in total. The molecule has 2 aliphatic heterocycles. The molecule has 2 heterocycles. The minimum atomic E-state index is -0.188. The van der Waals surface area contributed by atoms with E-state index in [1.807, 2.05) is 0 Å². The molecule has 0 aromatic rings. The van der Waals surface area contributed by atoms with Gasteiger partial charge in [-0.05, 0) is 6.92 Å². The fourth-order valence-electron chi connectivity index (χ4n) is 1.98. The highest BCUT2D eigenvalue weighted by Crippen LogP contribution is 2.00. The maximum atomic E-state index is 11.8. The monoisotopic (exact) mass is 226 g/mol. The van der Waals surface area contributed by atoms with E-state index >= 15 is 0 Å². The molecule has 3 atom stereocenters. The number of hydrogen-bond acceptors (Lipinski definition) is 4. The predicted molar refractivity (Wildman–Crippen MR) is 58.8 cm³/mol. The van der Waals surface area contributed by atoms with Gasteiger partial charge in [0.2, 0.25) is 11.8 Å². The van der Waals surface area contributed by atoms with Gasteiger partial charge in [-0.3, -0.25) is 9.59 Å². The van der Waals surface area contributed by atoms with E-state index in [2.05, 4.69) is 28.2 Å². The molecule has 2 aliphatic rings. The Morgan fingerprint density at radius 2 is 2.12 bits per heavy atom. The van der Waals surface area contributed by atoms with Crippen LogP contribution in [0, 0.1) is 0 Å². The van der Waals surface area contributed by atoms with Gasteiger partial charge in [-0.2, -0.15) is 0 Å². The molecule has 16 heavy (non-hydrogen) atoms. The molecule has 2 saturated heterocycles. The molecule has 0 radical (unpaired) electrons. The lowest BCUT2D eigenvalue weighted by Crippen LogP contribution is -2.60. The number of carbonyl (C=O) groups is 2. The Bertz CT molecular complexity index is 287.